The molecule has 2 aliphatic rings. The lowest BCUT2D eigenvalue weighted by molar-refractivity contribution is 0.205. The molecule has 0 aromatic heterocycles. The molecule has 0 bridgehead atoms. The van der Waals surface area contributed by atoms with Gasteiger partial charge in [0.15, 0.2) is 9.84 Å². The summed E-state index contributed by atoms with van der Waals surface area (Å²) in [5.74, 6) is -0.544. The molecule has 2 heterocycles. The van der Waals surface area contributed by atoms with Gasteiger partial charge in [0.25, 0.3) is 0 Å². The minimum atomic E-state index is -3.26. The molecule has 4 rings (SSSR count). The maximum absolute atomic E-state index is 14.1. The third-order valence-corrected chi connectivity index (χ3v) is 7.10. The van der Waals surface area contributed by atoms with Crippen molar-refractivity contribution < 1.29 is 17.6 Å². The molecule has 2 aliphatic heterocycles. The first-order valence-electron chi connectivity index (χ1n) is 8.88. The highest BCUT2D eigenvalue weighted by Crippen LogP contribution is 2.37. The van der Waals surface area contributed by atoms with E-state index in [1.54, 1.807) is 23.1 Å². The van der Waals surface area contributed by atoms with Gasteiger partial charge < -0.3 is 4.90 Å². The fourth-order valence-electron chi connectivity index (χ4n) is 4.03. The Kier molecular flexibility index (Phi) is 4.22. The molecule has 0 spiro atoms. The van der Waals surface area contributed by atoms with Crippen LogP contribution in [0.5, 0.6) is 0 Å². The highest BCUT2D eigenvalue weighted by Gasteiger charge is 2.54. The SMILES string of the molecule is Cc1ccc(C)c(N2C(=O)N(Cc3ccccc3F)[C@H]3CS(=O)(=O)C[C@H]32)c1. The first-order valence-corrected chi connectivity index (χ1v) is 10.7. The molecule has 0 aliphatic carbocycles. The molecule has 2 amide bonds. The van der Waals surface area contributed by atoms with Gasteiger partial charge in [0.2, 0.25) is 0 Å². The standard InChI is InChI=1S/C20H21FN2O3S/c1-13-7-8-14(2)17(9-13)23-19-12-27(25,26)11-18(19)22(20(23)24)10-15-5-3-4-6-16(15)21/h3-9,18-19H,10-12H2,1-2H3/t18-,19+/m0/s1. The minimum Gasteiger partial charge on any atom is -0.314 e. The molecule has 0 unspecified atom stereocenters. The average molecular weight is 388 g/mol. The first kappa shape index (κ1) is 18.0. The van der Waals surface area contributed by atoms with E-state index in [0.29, 0.717) is 5.56 Å². The summed E-state index contributed by atoms with van der Waals surface area (Å²) in [7, 11) is -3.26. The van der Waals surface area contributed by atoms with Crippen molar-refractivity contribution in [1.82, 2.24) is 4.90 Å². The van der Waals surface area contributed by atoms with Crippen LogP contribution < -0.4 is 4.90 Å². The molecule has 0 radical (unpaired) electrons. The van der Waals surface area contributed by atoms with Crippen molar-refractivity contribution >= 4 is 21.6 Å². The van der Waals surface area contributed by atoms with Crippen LogP contribution in [0, 0.1) is 19.7 Å². The van der Waals surface area contributed by atoms with Crippen molar-refractivity contribution in [2.45, 2.75) is 32.5 Å². The van der Waals surface area contributed by atoms with Gasteiger partial charge in [0.1, 0.15) is 5.82 Å². The number of fused-ring (bicyclic) bond motifs is 1. The summed E-state index contributed by atoms with van der Waals surface area (Å²) in [5, 5.41) is 0. The highest BCUT2D eigenvalue weighted by atomic mass is 32.2. The fraction of sp³-hybridized carbons (Fsp3) is 0.350. The molecule has 2 atom stereocenters. The van der Waals surface area contributed by atoms with Crippen LogP contribution in [0.15, 0.2) is 42.5 Å². The Bertz CT molecular complexity index is 1020. The Morgan fingerprint density at radius 2 is 1.78 bits per heavy atom. The Balaban J connectivity index is 1.76. The predicted octanol–water partition coefficient (Wildman–Crippen LogP) is 3.05. The summed E-state index contributed by atoms with van der Waals surface area (Å²) in [6.07, 6.45) is 0. The molecule has 2 aromatic rings. The summed E-state index contributed by atoms with van der Waals surface area (Å²) in [6, 6.07) is 10.9. The lowest BCUT2D eigenvalue weighted by Crippen LogP contribution is -2.38. The fourth-order valence-corrected chi connectivity index (χ4v) is 5.98. The van der Waals surface area contributed by atoms with E-state index in [9.17, 15) is 17.6 Å². The molecular weight excluding hydrogens is 367 g/mol. The van der Waals surface area contributed by atoms with Crippen molar-refractivity contribution in [2.75, 3.05) is 16.4 Å². The van der Waals surface area contributed by atoms with Crippen molar-refractivity contribution in [3.63, 3.8) is 0 Å². The maximum atomic E-state index is 14.1. The van der Waals surface area contributed by atoms with Crippen molar-refractivity contribution in [1.29, 1.82) is 0 Å². The van der Waals surface area contributed by atoms with E-state index in [4.69, 9.17) is 0 Å². The summed E-state index contributed by atoms with van der Waals surface area (Å²) in [5.41, 5.74) is 3.01. The maximum Gasteiger partial charge on any atom is 0.325 e. The lowest BCUT2D eigenvalue weighted by Gasteiger charge is -2.24. The largest absolute Gasteiger partial charge is 0.325 e. The molecule has 0 saturated carbocycles. The number of hydrogen-bond acceptors (Lipinski definition) is 3. The number of rotatable bonds is 3. The van der Waals surface area contributed by atoms with E-state index in [1.165, 1.54) is 11.0 Å². The van der Waals surface area contributed by atoms with Gasteiger partial charge in [-0.15, -0.1) is 0 Å². The number of halogens is 1. The Hall–Kier alpha value is -2.41. The summed E-state index contributed by atoms with van der Waals surface area (Å²) in [4.78, 5) is 16.3. The van der Waals surface area contributed by atoms with E-state index >= 15 is 0 Å². The van der Waals surface area contributed by atoms with Crippen molar-refractivity contribution in [2.24, 2.45) is 0 Å². The van der Waals surface area contributed by atoms with Crippen LogP contribution in [0.25, 0.3) is 0 Å². The van der Waals surface area contributed by atoms with E-state index < -0.39 is 27.7 Å². The van der Waals surface area contributed by atoms with Gasteiger partial charge in [-0.1, -0.05) is 30.3 Å². The molecule has 142 valence electrons. The second-order valence-electron chi connectivity index (χ2n) is 7.37. The van der Waals surface area contributed by atoms with Crippen LogP contribution in [-0.2, 0) is 16.4 Å². The Labute approximate surface area is 158 Å². The summed E-state index contributed by atoms with van der Waals surface area (Å²) < 4.78 is 38.7. The second-order valence-corrected chi connectivity index (χ2v) is 9.53. The number of benzene rings is 2. The molecule has 2 saturated heterocycles. The topological polar surface area (TPSA) is 57.7 Å². The second kappa shape index (κ2) is 6.34. The van der Waals surface area contributed by atoms with Gasteiger partial charge in [-0.25, -0.2) is 17.6 Å². The zero-order valence-corrected chi connectivity index (χ0v) is 16.0. The molecule has 7 heteroatoms. The highest BCUT2D eigenvalue weighted by molar-refractivity contribution is 7.91. The van der Waals surface area contributed by atoms with Crippen LogP contribution in [0.1, 0.15) is 16.7 Å². The van der Waals surface area contributed by atoms with Crippen LogP contribution in [0.4, 0.5) is 14.9 Å². The van der Waals surface area contributed by atoms with Gasteiger partial charge in [-0.05, 0) is 37.1 Å². The van der Waals surface area contributed by atoms with Gasteiger partial charge in [0.05, 0.1) is 30.1 Å². The van der Waals surface area contributed by atoms with E-state index in [0.717, 1.165) is 16.8 Å². The lowest BCUT2D eigenvalue weighted by atomic mass is 10.1. The molecule has 27 heavy (non-hydrogen) atoms. The number of aryl methyl sites for hydroxylation is 2. The van der Waals surface area contributed by atoms with Crippen molar-refractivity contribution in [3.05, 3.63) is 65.0 Å². The van der Waals surface area contributed by atoms with Gasteiger partial charge in [-0.2, -0.15) is 0 Å². The monoisotopic (exact) mass is 388 g/mol. The molecule has 2 aromatic carbocycles. The third kappa shape index (κ3) is 3.10. The Morgan fingerprint density at radius 3 is 2.52 bits per heavy atom. The van der Waals surface area contributed by atoms with Gasteiger partial charge >= 0.3 is 6.03 Å². The van der Waals surface area contributed by atoms with Crippen LogP contribution in [-0.4, -0.2) is 42.9 Å². The smallest absolute Gasteiger partial charge is 0.314 e. The molecule has 5 nitrogen and oxygen atoms in total. The van der Waals surface area contributed by atoms with E-state index in [2.05, 4.69) is 0 Å². The summed E-state index contributed by atoms with van der Waals surface area (Å²) in [6.45, 7) is 3.90. The van der Waals surface area contributed by atoms with Crippen LogP contribution in [0.3, 0.4) is 0 Å². The normalized spacial score (nSPS) is 23.7. The van der Waals surface area contributed by atoms with Crippen LogP contribution >= 0.6 is 0 Å². The number of amides is 2. The number of urea groups is 1. The number of anilines is 1. The molecular formula is C20H21FN2O3S. The molecule has 2 fully saturated rings. The number of carbonyl (C=O) groups excluding carboxylic acids is 1. The zero-order valence-electron chi connectivity index (χ0n) is 15.2. The van der Waals surface area contributed by atoms with Gasteiger partial charge in [0, 0.05) is 11.3 Å². The van der Waals surface area contributed by atoms with E-state index in [1.807, 2.05) is 32.0 Å². The third-order valence-electron chi connectivity index (χ3n) is 5.40. The first-order chi connectivity index (χ1) is 12.8. The summed E-state index contributed by atoms with van der Waals surface area (Å²) >= 11 is 0. The number of nitrogens with zero attached hydrogens (tertiary/aromatic N) is 2. The predicted molar refractivity (Wildman–Crippen MR) is 102 cm³/mol. The number of sulfone groups is 1. The number of carbonyl (C=O) groups is 1. The Morgan fingerprint density at radius 1 is 1.07 bits per heavy atom. The van der Waals surface area contributed by atoms with Crippen molar-refractivity contribution in [3.8, 4) is 0 Å². The quantitative estimate of drug-likeness (QED) is 0.760. The average Bonchev–Trinajstić information content (AvgIpc) is 3.03. The van der Waals surface area contributed by atoms with Gasteiger partial charge in [-0.3, -0.25) is 4.90 Å². The zero-order chi connectivity index (χ0) is 19.3. The van der Waals surface area contributed by atoms with E-state index in [-0.39, 0.29) is 24.1 Å². The van der Waals surface area contributed by atoms with Crippen LogP contribution in [0.2, 0.25) is 0 Å². The molecule has 0 N–H and O–H groups in total. The number of hydrogen-bond donors (Lipinski definition) is 0. The minimum absolute atomic E-state index is 0.0591.